The van der Waals surface area contributed by atoms with Crippen LogP contribution in [-0.4, -0.2) is 16.8 Å². The minimum absolute atomic E-state index is 0.0993. The van der Waals surface area contributed by atoms with E-state index in [1.165, 1.54) is 25.1 Å². The Morgan fingerprint density at radius 3 is 2.60 bits per heavy atom. The summed E-state index contributed by atoms with van der Waals surface area (Å²) in [6, 6.07) is 12.4. The molecule has 126 valence electrons. The number of hydrogen-bond donors (Lipinski definition) is 1. The van der Waals surface area contributed by atoms with Crippen LogP contribution in [0.3, 0.4) is 0 Å². The maximum atomic E-state index is 13.5. The van der Waals surface area contributed by atoms with Crippen LogP contribution in [0.4, 0.5) is 10.1 Å². The van der Waals surface area contributed by atoms with E-state index in [0.717, 1.165) is 0 Å². The fourth-order valence-electron chi connectivity index (χ4n) is 2.48. The van der Waals surface area contributed by atoms with E-state index in [0.29, 0.717) is 22.6 Å². The molecule has 0 aliphatic heterocycles. The molecule has 0 fully saturated rings. The highest BCUT2D eigenvalue weighted by molar-refractivity contribution is 6.09. The summed E-state index contributed by atoms with van der Waals surface area (Å²) in [6.45, 7) is 3.06. The molecule has 0 saturated carbocycles. The van der Waals surface area contributed by atoms with Gasteiger partial charge < -0.3 is 9.84 Å². The van der Waals surface area contributed by atoms with Crippen molar-refractivity contribution in [1.29, 1.82) is 0 Å². The molecule has 3 aromatic rings. The third-order valence-corrected chi connectivity index (χ3v) is 3.71. The zero-order chi connectivity index (χ0) is 18.0. The SMILES string of the molecule is CC(=O)c1cccc(NC(=O)c2c(-c3cccc(F)c3)noc2C)c1. The number of ketones is 1. The number of nitrogens with zero attached hydrogens (tertiary/aromatic N) is 1. The third-order valence-electron chi connectivity index (χ3n) is 3.71. The quantitative estimate of drug-likeness (QED) is 0.722. The summed E-state index contributed by atoms with van der Waals surface area (Å²) in [7, 11) is 0. The summed E-state index contributed by atoms with van der Waals surface area (Å²) in [5.41, 5.74) is 1.89. The molecular formula is C19H15FN2O3. The van der Waals surface area contributed by atoms with E-state index in [1.807, 2.05) is 0 Å². The highest BCUT2D eigenvalue weighted by Crippen LogP contribution is 2.26. The van der Waals surface area contributed by atoms with E-state index in [-0.39, 0.29) is 17.0 Å². The van der Waals surface area contributed by atoms with Crippen molar-refractivity contribution < 1.29 is 18.5 Å². The van der Waals surface area contributed by atoms with E-state index < -0.39 is 11.7 Å². The van der Waals surface area contributed by atoms with Crippen LogP contribution in [0.2, 0.25) is 0 Å². The van der Waals surface area contributed by atoms with E-state index in [4.69, 9.17) is 4.52 Å². The number of carbonyl (C=O) groups excluding carboxylic acids is 2. The molecule has 0 spiro atoms. The summed E-state index contributed by atoms with van der Waals surface area (Å²) in [6.07, 6.45) is 0. The number of aryl methyl sites for hydroxylation is 1. The molecule has 3 rings (SSSR count). The van der Waals surface area contributed by atoms with Gasteiger partial charge in [0.2, 0.25) is 0 Å². The number of halogens is 1. The number of hydrogen-bond acceptors (Lipinski definition) is 4. The van der Waals surface area contributed by atoms with Crippen molar-refractivity contribution in [3.8, 4) is 11.3 Å². The highest BCUT2D eigenvalue weighted by Gasteiger charge is 2.22. The maximum Gasteiger partial charge on any atom is 0.261 e. The van der Waals surface area contributed by atoms with Crippen molar-refractivity contribution in [3.05, 3.63) is 71.2 Å². The lowest BCUT2D eigenvalue weighted by molar-refractivity contribution is 0.101. The molecular weight excluding hydrogens is 323 g/mol. The lowest BCUT2D eigenvalue weighted by Gasteiger charge is -2.07. The summed E-state index contributed by atoms with van der Waals surface area (Å²) < 4.78 is 18.6. The van der Waals surface area contributed by atoms with Gasteiger partial charge in [0, 0.05) is 16.8 Å². The second-order valence-corrected chi connectivity index (χ2v) is 5.56. The summed E-state index contributed by atoms with van der Waals surface area (Å²) in [4.78, 5) is 24.1. The van der Waals surface area contributed by atoms with Gasteiger partial charge in [-0.15, -0.1) is 0 Å². The van der Waals surface area contributed by atoms with E-state index in [1.54, 1.807) is 37.3 Å². The van der Waals surface area contributed by atoms with Crippen molar-refractivity contribution in [3.63, 3.8) is 0 Å². The Balaban J connectivity index is 1.94. The van der Waals surface area contributed by atoms with Gasteiger partial charge in [0.15, 0.2) is 5.78 Å². The monoisotopic (exact) mass is 338 g/mol. The Kier molecular flexibility index (Phi) is 4.43. The molecule has 0 aliphatic carbocycles. The molecule has 0 radical (unpaired) electrons. The first-order chi connectivity index (χ1) is 12.0. The van der Waals surface area contributed by atoms with Crippen molar-refractivity contribution in [2.24, 2.45) is 0 Å². The lowest BCUT2D eigenvalue weighted by atomic mass is 10.1. The molecule has 25 heavy (non-hydrogen) atoms. The zero-order valence-corrected chi connectivity index (χ0v) is 13.7. The standard InChI is InChI=1S/C19H15FN2O3/c1-11(23)13-5-4-8-16(10-13)21-19(24)17-12(2)25-22-18(17)14-6-3-7-15(20)9-14/h3-10H,1-2H3,(H,21,24). The summed E-state index contributed by atoms with van der Waals surface area (Å²) in [5, 5.41) is 6.60. The topological polar surface area (TPSA) is 72.2 Å². The van der Waals surface area contributed by atoms with Gasteiger partial charge in [-0.3, -0.25) is 9.59 Å². The van der Waals surface area contributed by atoms with Gasteiger partial charge in [-0.2, -0.15) is 0 Å². The van der Waals surface area contributed by atoms with Gasteiger partial charge in [0.25, 0.3) is 5.91 Å². The van der Waals surface area contributed by atoms with Gasteiger partial charge in [-0.25, -0.2) is 4.39 Å². The predicted molar refractivity (Wildman–Crippen MR) is 91.0 cm³/mol. The Labute approximate surface area is 143 Å². The number of rotatable bonds is 4. The van der Waals surface area contributed by atoms with Crippen LogP contribution in [0, 0.1) is 12.7 Å². The molecule has 2 aromatic carbocycles. The molecule has 6 heteroatoms. The fraction of sp³-hybridized carbons (Fsp3) is 0.105. The number of Topliss-reactive ketones (excluding diaryl/α,β-unsaturated/α-hetero) is 1. The van der Waals surface area contributed by atoms with Crippen LogP contribution < -0.4 is 5.32 Å². The Bertz CT molecular complexity index is 963. The minimum atomic E-state index is -0.446. The van der Waals surface area contributed by atoms with Gasteiger partial charge in [0.1, 0.15) is 22.8 Å². The van der Waals surface area contributed by atoms with Crippen LogP contribution >= 0.6 is 0 Å². The largest absolute Gasteiger partial charge is 0.360 e. The molecule has 1 heterocycles. The Morgan fingerprint density at radius 1 is 1.12 bits per heavy atom. The van der Waals surface area contributed by atoms with Crippen LogP contribution in [0.15, 0.2) is 53.1 Å². The molecule has 1 N–H and O–H groups in total. The summed E-state index contributed by atoms with van der Waals surface area (Å²) >= 11 is 0. The highest BCUT2D eigenvalue weighted by atomic mass is 19.1. The molecule has 1 aromatic heterocycles. The first kappa shape index (κ1) is 16.6. The Hall–Kier alpha value is -3.28. The smallest absolute Gasteiger partial charge is 0.261 e. The van der Waals surface area contributed by atoms with Gasteiger partial charge in [0.05, 0.1) is 0 Å². The number of anilines is 1. The normalized spacial score (nSPS) is 10.5. The van der Waals surface area contributed by atoms with E-state index in [2.05, 4.69) is 10.5 Å². The van der Waals surface area contributed by atoms with Crippen LogP contribution in [0.25, 0.3) is 11.3 Å². The zero-order valence-electron chi connectivity index (χ0n) is 13.7. The number of amides is 1. The Morgan fingerprint density at radius 2 is 1.88 bits per heavy atom. The van der Waals surface area contributed by atoms with Crippen LogP contribution in [0.1, 0.15) is 33.4 Å². The van der Waals surface area contributed by atoms with Crippen LogP contribution in [0.5, 0.6) is 0 Å². The lowest BCUT2D eigenvalue weighted by Crippen LogP contribution is -2.14. The van der Waals surface area contributed by atoms with Crippen molar-refractivity contribution >= 4 is 17.4 Å². The molecule has 5 nitrogen and oxygen atoms in total. The maximum absolute atomic E-state index is 13.5. The molecule has 0 atom stereocenters. The van der Waals surface area contributed by atoms with Crippen molar-refractivity contribution in [2.75, 3.05) is 5.32 Å². The second-order valence-electron chi connectivity index (χ2n) is 5.56. The molecule has 1 amide bonds. The van der Waals surface area contributed by atoms with E-state index in [9.17, 15) is 14.0 Å². The molecule has 0 saturated heterocycles. The van der Waals surface area contributed by atoms with Crippen molar-refractivity contribution in [1.82, 2.24) is 5.16 Å². The van der Waals surface area contributed by atoms with Crippen molar-refractivity contribution in [2.45, 2.75) is 13.8 Å². The number of nitrogens with one attached hydrogen (secondary N) is 1. The number of carbonyl (C=O) groups is 2. The summed E-state index contributed by atoms with van der Waals surface area (Å²) in [5.74, 6) is -0.658. The van der Waals surface area contributed by atoms with E-state index >= 15 is 0 Å². The van der Waals surface area contributed by atoms with Gasteiger partial charge in [-0.05, 0) is 38.1 Å². The average Bonchev–Trinajstić information content (AvgIpc) is 2.97. The van der Waals surface area contributed by atoms with Gasteiger partial charge >= 0.3 is 0 Å². The third kappa shape index (κ3) is 3.47. The molecule has 0 bridgehead atoms. The predicted octanol–water partition coefficient (Wildman–Crippen LogP) is 4.24. The first-order valence-electron chi connectivity index (χ1n) is 7.60. The fourth-order valence-corrected chi connectivity index (χ4v) is 2.48. The first-order valence-corrected chi connectivity index (χ1v) is 7.60. The number of aromatic nitrogens is 1. The molecule has 0 unspecified atom stereocenters. The van der Waals surface area contributed by atoms with Gasteiger partial charge in [-0.1, -0.05) is 29.4 Å². The number of benzene rings is 2. The average molecular weight is 338 g/mol. The molecule has 0 aliphatic rings. The second kappa shape index (κ2) is 6.68. The minimum Gasteiger partial charge on any atom is -0.360 e. The van der Waals surface area contributed by atoms with Crippen LogP contribution in [-0.2, 0) is 0 Å².